The molecule has 3 heterocycles. The molecular weight excluding hydrogens is 324 g/mol. The molecular formula is C17H22N4O2S. The van der Waals surface area contributed by atoms with E-state index in [0.717, 1.165) is 29.5 Å². The molecule has 1 aliphatic heterocycles. The van der Waals surface area contributed by atoms with Crippen LogP contribution in [-0.2, 0) is 6.54 Å². The van der Waals surface area contributed by atoms with E-state index < -0.39 is 6.10 Å². The Morgan fingerprint density at radius 1 is 1.42 bits per heavy atom. The average Bonchev–Trinajstić information content (AvgIpc) is 2.95. The van der Waals surface area contributed by atoms with Crippen LogP contribution in [0.25, 0.3) is 0 Å². The third-order valence-electron chi connectivity index (χ3n) is 4.16. The molecule has 0 aromatic carbocycles. The van der Waals surface area contributed by atoms with E-state index in [0.29, 0.717) is 18.7 Å². The van der Waals surface area contributed by atoms with E-state index in [2.05, 4.69) is 25.6 Å². The number of pyridine rings is 1. The van der Waals surface area contributed by atoms with Gasteiger partial charge in [0.05, 0.1) is 22.8 Å². The highest BCUT2D eigenvalue weighted by Gasteiger charge is 2.29. The minimum absolute atomic E-state index is 0.230. The number of hydrogen-bond acceptors (Lipinski definition) is 6. The number of hydrogen-bond donors (Lipinski definition) is 2. The summed E-state index contributed by atoms with van der Waals surface area (Å²) in [6.45, 7) is 5.93. The molecule has 1 saturated heterocycles. The predicted octanol–water partition coefficient (Wildman–Crippen LogP) is 1.52. The second kappa shape index (κ2) is 7.38. The first-order valence-corrected chi connectivity index (χ1v) is 8.95. The first kappa shape index (κ1) is 17.0. The number of likely N-dealkylation sites (tertiary alicyclic amines) is 1. The van der Waals surface area contributed by atoms with Crippen molar-refractivity contribution in [3.05, 3.63) is 45.7 Å². The molecule has 6 nitrogen and oxygen atoms in total. The lowest BCUT2D eigenvalue weighted by Gasteiger charge is -2.35. The molecule has 1 fully saturated rings. The van der Waals surface area contributed by atoms with Crippen molar-refractivity contribution in [3.8, 4) is 0 Å². The highest BCUT2D eigenvalue weighted by Crippen LogP contribution is 2.16. The molecule has 7 heteroatoms. The number of aliphatic hydroxyl groups is 1. The molecule has 24 heavy (non-hydrogen) atoms. The number of aryl methyl sites for hydroxylation is 2. The quantitative estimate of drug-likeness (QED) is 0.878. The number of nitrogens with one attached hydrogen (secondary N) is 1. The van der Waals surface area contributed by atoms with Crippen molar-refractivity contribution < 1.29 is 9.90 Å². The van der Waals surface area contributed by atoms with Gasteiger partial charge in [0.2, 0.25) is 0 Å². The monoisotopic (exact) mass is 346 g/mol. The maximum Gasteiger partial charge on any atom is 0.270 e. The van der Waals surface area contributed by atoms with Crippen LogP contribution in [-0.4, -0.2) is 51.1 Å². The van der Waals surface area contributed by atoms with Gasteiger partial charge in [-0.15, -0.1) is 11.3 Å². The fraction of sp³-hybridized carbons (Fsp3) is 0.471. The van der Waals surface area contributed by atoms with Gasteiger partial charge >= 0.3 is 0 Å². The molecule has 128 valence electrons. The first-order chi connectivity index (χ1) is 11.5. The number of carbonyl (C=O) groups excluding carboxylic acids is 1. The highest BCUT2D eigenvalue weighted by atomic mass is 32.1. The SMILES string of the molecule is Cc1cccc(C(=O)N[C@@H]2CCN(Cc3csc(C)n3)C[C@H]2O)n1. The summed E-state index contributed by atoms with van der Waals surface area (Å²) in [5.74, 6) is -0.230. The second-order valence-corrected chi connectivity index (χ2v) is 7.26. The zero-order chi connectivity index (χ0) is 17.1. The number of carbonyl (C=O) groups is 1. The first-order valence-electron chi connectivity index (χ1n) is 8.07. The molecule has 2 aromatic rings. The molecule has 1 aliphatic rings. The Balaban J connectivity index is 1.55. The molecule has 3 rings (SSSR count). The van der Waals surface area contributed by atoms with Crippen molar-refractivity contribution in [1.29, 1.82) is 0 Å². The van der Waals surface area contributed by atoms with E-state index in [9.17, 15) is 9.90 Å². The minimum Gasteiger partial charge on any atom is -0.390 e. The van der Waals surface area contributed by atoms with E-state index in [1.807, 2.05) is 26.0 Å². The minimum atomic E-state index is -0.591. The van der Waals surface area contributed by atoms with Gasteiger partial charge in [-0.05, 0) is 32.4 Å². The lowest BCUT2D eigenvalue weighted by Crippen LogP contribution is -2.53. The van der Waals surface area contributed by atoms with Crippen LogP contribution < -0.4 is 5.32 Å². The van der Waals surface area contributed by atoms with Crippen molar-refractivity contribution in [2.24, 2.45) is 0 Å². The van der Waals surface area contributed by atoms with Crippen molar-refractivity contribution >= 4 is 17.2 Å². The summed E-state index contributed by atoms with van der Waals surface area (Å²) in [7, 11) is 0. The second-order valence-electron chi connectivity index (χ2n) is 6.19. The van der Waals surface area contributed by atoms with Crippen LogP contribution in [0.3, 0.4) is 0 Å². The Morgan fingerprint density at radius 3 is 2.92 bits per heavy atom. The van der Waals surface area contributed by atoms with Crippen LogP contribution in [0.15, 0.2) is 23.6 Å². The zero-order valence-corrected chi connectivity index (χ0v) is 14.7. The summed E-state index contributed by atoms with van der Waals surface area (Å²) >= 11 is 1.64. The Labute approximate surface area is 145 Å². The number of thiazole rings is 1. The summed E-state index contributed by atoms with van der Waals surface area (Å²) in [4.78, 5) is 23.1. The molecule has 2 aromatic heterocycles. The smallest absolute Gasteiger partial charge is 0.270 e. The number of β-amino-alcohol motifs (C(OH)–C–C–N with tert-alkyl or cyclic N) is 1. The predicted molar refractivity (Wildman–Crippen MR) is 93.0 cm³/mol. The molecule has 1 amide bonds. The number of aliphatic hydroxyl groups excluding tert-OH is 1. The third-order valence-corrected chi connectivity index (χ3v) is 4.98. The fourth-order valence-electron chi connectivity index (χ4n) is 2.93. The summed E-state index contributed by atoms with van der Waals surface area (Å²) in [6, 6.07) is 5.11. The van der Waals surface area contributed by atoms with Crippen LogP contribution in [0.5, 0.6) is 0 Å². The van der Waals surface area contributed by atoms with Gasteiger partial charge in [0.15, 0.2) is 0 Å². The Kier molecular flexibility index (Phi) is 5.23. The van der Waals surface area contributed by atoms with Gasteiger partial charge in [0, 0.05) is 30.7 Å². The zero-order valence-electron chi connectivity index (χ0n) is 13.9. The largest absolute Gasteiger partial charge is 0.390 e. The number of nitrogens with zero attached hydrogens (tertiary/aromatic N) is 3. The van der Waals surface area contributed by atoms with Crippen LogP contribution in [0.4, 0.5) is 0 Å². The number of amides is 1. The van der Waals surface area contributed by atoms with Crippen LogP contribution in [0.2, 0.25) is 0 Å². The lowest BCUT2D eigenvalue weighted by molar-refractivity contribution is 0.0344. The van der Waals surface area contributed by atoms with Gasteiger partial charge in [0.1, 0.15) is 5.69 Å². The van der Waals surface area contributed by atoms with Crippen LogP contribution in [0.1, 0.15) is 33.3 Å². The van der Waals surface area contributed by atoms with Crippen molar-refractivity contribution in [1.82, 2.24) is 20.2 Å². The maximum atomic E-state index is 12.3. The van der Waals surface area contributed by atoms with Gasteiger partial charge in [-0.25, -0.2) is 9.97 Å². The Morgan fingerprint density at radius 2 is 2.25 bits per heavy atom. The standard InChI is InChI=1S/C17H22N4O2S/c1-11-4-3-5-15(18-11)17(23)20-14-6-7-21(9-16(14)22)8-13-10-24-12(2)19-13/h3-5,10,14,16,22H,6-9H2,1-2H3,(H,20,23)/t14-,16-/m1/s1. The summed E-state index contributed by atoms with van der Waals surface area (Å²) < 4.78 is 0. The molecule has 2 N–H and O–H groups in total. The Bertz CT molecular complexity index is 718. The molecule has 2 atom stereocenters. The van der Waals surface area contributed by atoms with Crippen LogP contribution >= 0.6 is 11.3 Å². The molecule has 0 radical (unpaired) electrons. The number of piperidine rings is 1. The lowest BCUT2D eigenvalue weighted by atomic mass is 10.0. The molecule has 0 spiro atoms. The Hall–Kier alpha value is -1.83. The maximum absolute atomic E-state index is 12.3. The van der Waals surface area contributed by atoms with Gasteiger partial charge in [0.25, 0.3) is 5.91 Å². The van der Waals surface area contributed by atoms with Gasteiger partial charge in [-0.3, -0.25) is 9.69 Å². The van der Waals surface area contributed by atoms with E-state index in [4.69, 9.17) is 0 Å². The summed E-state index contributed by atoms with van der Waals surface area (Å²) in [5, 5.41) is 16.4. The molecule has 0 aliphatic carbocycles. The van der Waals surface area contributed by atoms with Gasteiger partial charge in [-0.2, -0.15) is 0 Å². The van der Waals surface area contributed by atoms with Crippen molar-refractivity contribution in [2.75, 3.05) is 13.1 Å². The van der Waals surface area contributed by atoms with E-state index in [1.54, 1.807) is 17.4 Å². The van der Waals surface area contributed by atoms with E-state index in [1.165, 1.54) is 0 Å². The van der Waals surface area contributed by atoms with Crippen molar-refractivity contribution in [3.63, 3.8) is 0 Å². The number of rotatable bonds is 4. The average molecular weight is 346 g/mol. The summed E-state index contributed by atoms with van der Waals surface area (Å²) in [5.41, 5.74) is 2.23. The van der Waals surface area contributed by atoms with Crippen LogP contribution in [0, 0.1) is 13.8 Å². The van der Waals surface area contributed by atoms with Gasteiger partial charge < -0.3 is 10.4 Å². The molecule has 0 saturated carbocycles. The van der Waals surface area contributed by atoms with E-state index >= 15 is 0 Å². The molecule has 0 bridgehead atoms. The normalized spacial score (nSPS) is 21.6. The summed E-state index contributed by atoms with van der Waals surface area (Å²) in [6.07, 6.45) is 0.120. The number of aromatic nitrogens is 2. The topological polar surface area (TPSA) is 78.4 Å². The van der Waals surface area contributed by atoms with Crippen molar-refractivity contribution in [2.45, 2.75) is 39.0 Å². The highest BCUT2D eigenvalue weighted by molar-refractivity contribution is 7.09. The van der Waals surface area contributed by atoms with Gasteiger partial charge in [-0.1, -0.05) is 6.07 Å². The molecule has 0 unspecified atom stereocenters. The third kappa shape index (κ3) is 4.17. The fourth-order valence-corrected chi connectivity index (χ4v) is 3.53. The van der Waals surface area contributed by atoms with E-state index in [-0.39, 0.29) is 11.9 Å².